The van der Waals surface area contributed by atoms with E-state index < -0.39 is 0 Å². The highest BCUT2D eigenvalue weighted by Crippen LogP contribution is 2.34. The first-order valence-corrected chi connectivity index (χ1v) is 7.80. The number of nitrogens with zero attached hydrogens (tertiary/aromatic N) is 1. The second-order valence-electron chi connectivity index (χ2n) is 5.34. The van der Waals surface area contributed by atoms with Crippen LogP contribution in [-0.2, 0) is 0 Å². The lowest BCUT2D eigenvalue weighted by molar-refractivity contribution is 0.727. The summed E-state index contributed by atoms with van der Waals surface area (Å²) in [6.45, 7) is 9.09. The van der Waals surface area contributed by atoms with E-state index in [-0.39, 0.29) is 0 Å². The summed E-state index contributed by atoms with van der Waals surface area (Å²) < 4.78 is 0. The summed E-state index contributed by atoms with van der Waals surface area (Å²) >= 11 is 6.09. The molecule has 1 nitrogen and oxygen atoms in total. The third kappa shape index (κ3) is 3.74. The van der Waals surface area contributed by atoms with Crippen LogP contribution >= 0.6 is 11.6 Å². The molecule has 1 aromatic rings. The normalized spacial score (nSPS) is 20.0. The van der Waals surface area contributed by atoms with Crippen molar-refractivity contribution in [1.82, 2.24) is 0 Å². The Bertz CT molecular complexity index is 608. The number of hydrogen-bond acceptors (Lipinski definition) is 1. The average molecular weight is 300 g/mol. The van der Waals surface area contributed by atoms with Crippen LogP contribution in [0.3, 0.4) is 0 Å². The Hall–Kier alpha value is -1.60. The van der Waals surface area contributed by atoms with Crippen LogP contribution in [0.5, 0.6) is 0 Å². The predicted molar refractivity (Wildman–Crippen MR) is 93.6 cm³/mol. The fourth-order valence-electron chi connectivity index (χ4n) is 2.93. The number of benzene rings is 1. The minimum absolute atomic E-state index is 0.374. The Kier molecular flexibility index (Phi) is 5.58. The molecule has 0 aliphatic carbocycles. The largest absolute Gasteiger partial charge is 0.289 e. The maximum Gasteiger partial charge on any atom is 0.0611 e. The standard InChI is InChI=1S/C19H22ClN/c1-4-15-8-6-7-11-21-13-19(15)17(5-2)18-10-9-16(20)12-14(18)3/h4,6-7,9-12,17H,1,5,8,13H2,2-3H3/b7-6?,19-15+,21-11?. The Morgan fingerprint density at radius 1 is 1.43 bits per heavy atom. The minimum Gasteiger partial charge on any atom is -0.289 e. The quantitative estimate of drug-likeness (QED) is 0.680. The third-order valence-electron chi connectivity index (χ3n) is 4.02. The molecule has 0 spiro atoms. The van der Waals surface area contributed by atoms with Crippen LogP contribution in [0.15, 0.2) is 59.1 Å². The van der Waals surface area contributed by atoms with Crippen molar-refractivity contribution in [2.45, 2.75) is 32.6 Å². The van der Waals surface area contributed by atoms with E-state index in [0.717, 1.165) is 24.4 Å². The Balaban J connectivity index is 2.49. The number of halogens is 1. The molecule has 0 radical (unpaired) electrons. The van der Waals surface area contributed by atoms with Gasteiger partial charge < -0.3 is 0 Å². The highest BCUT2D eigenvalue weighted by molar-refractivity contribution is 6.30. The van der Waals surface area contributed by atoms with Gasteiger partial charge in [0.05, 0.1) is 6.54 Å². The molecule has 2 heteroatoms. The smallest absolute Gasteiger partial charge is 0.0611 e. The van der Waals surface area contributed by atoms with Gasteiger partial charge in [0.15, 0.2) is 0 Å². The average Bonchev–Trinajstić information content (AvgIpc) is 2.44. The molecule has 0 N–H and O–H groups in total. The molecule has 1 aromatic carbocycles. The molecule has 0 fully saturated rings. The summed E-state index contributed by atoms with van der Waals surface area (Å²) in [7, 11) is 0. The first kappa shape index (κ1) is 15.8. The van der Waals surface area contributed by atoms with Crippen molar-refractivity contribution in [2.75, 3.05) is 6.54 Å². The first-order chi connectivity index (χ1) is 10.2. The molecule has 1 atom stereocenters. The van der Waals surface area contributed by atoms with Gasteiger partial charge in [0.25, 0.3) is 0 Å². The molecule has 0 aromatic heterocycles. The van der Waals surface area contributed by atoms with E-state index in [1.54, 1.807) is 0 Å². The van der Waals surface area contributed by atoms with Gasteiger partial charge in [-0.25, -0.2) is 0 Å². The number of allylic oxidation sites excluding steroid dienone is 4. The predicted octanol–water partition coefficient (Wildman–Crippen LogP) is 5.66. The molecule has 1 heterocycles. The lowest BCUT2D eigenvalue weighted by Gasteiger charge is -2.23. The maximum atomic E-state index is 6.09. The maximum absolute atomic E-state index is 6.09. The molecule has 0 saturated heterocycles. The zero-order valence-corrected chi connectivity index (χ0v) is 13.5. The fourth-order valence-corrected chi connectivity index (χ4v) is 3.16. The summed E-state index contributed by atoms with van der Waals surface area (Å²) in [5.74, 6) is 0.374. The second kappa shape index (κ2) is 7.42. The van der Waals surface area contributed by atoms with E-state index in [9.17, 15) is 0 Å². The van der Waals surface area contributed by atoms with Crippen LogP contribution in [0.1, 0.15) is 36.8 Å². The number of aliphatic imine (C=N–C) groups is 1. The minimum atomic E-state index is 0.374. The number of rotatable bonds is 4. The molecule has 2 rings (SSSR count). The first-order valence-electron chi connectivity index (χ1n) is 7.42. The van der Waals surface area contributed by atoms with Crippen LogP contribution < -0.4 is 0 Å². The lowest BCUT2D eigenvalue weighted by atomic mass is 9.83. The molecule has 110 valence electrons. The van der Waals surface area contributed by atoms with Gasteiger partial charge in [-0.2, -0.15) is 0 Å². The molecule has 21 heavy (non-hydrogen) atoms. The van der Waals surface area contributed by atoms with Gasteiger partial charge in [-0.05, 0) is 60.2 Å². The zero-order chi connectivity index (χ0) is 15.2. The molecular weight excluding hydrogens is 278 g/mol. The molecule has 0 bridgehead atoms. The van der Waals surface area contributed by atoms with Gasteiger partial charge in [-0.3, -0.25) is 4.99 Å². The van der Waals surface area contributed by atoms with Crippen LogP contribution in [-0.4, -0.2) is 12.8 Å². The summed E-state index contributed by atoms with van der Waals surface area (Å²) in [4.78, 5) is 4.51. The zero-order valence-electron chi connectivity index (χ0n) is 12.8. The SMILES string of the molecule is C=C/C1=C(\C(CC)c2ccc(Cl)cc2C)CN=CC=CC1. The molecule has 0 saturated carbocycles. The van der Waals surface area contributed by atoms with Gasteiger partial charge in [0, 0.05) is 17.2 Å². The summed E-state index contributed by atoms with van der Waals surface area (Å²) in [5.41, 5.74) is 5.26. The molecule has 1 aliphatic heterocycles. The number of hydrogen-bond donors (Lipinski definition) is 0. The van der Waals surface area contributed by atoms with E-state index >= 15 is 0 Å². The summed E-state index contributed by atoms with van der Waals surface area (Å²) in [6, 6.07) is 6.17. The topological polar surface area (TPSA) is 12.4 Å². The third-order valence-corrected chi connectivity index (χ3v) is 4.26. The van der Waals surface area contributed by atoms with E-state index in [4.69, 9.17) is 11.6 Å². The van der Waals surface area contributed by atoms with Crippen molar-refractivity contribution in [2.24, 2.45) is 4.99 Å². The van der Waals surface area contributed by atoms with E-state index in [2.05, 4.69) is 37.6 Å². The highest BCUT2D eigenvalue weighted by atomic mass is 35.5. The molecular formula is C19H22ClN. The van der Waals surface area contributed by atoms with E-state index in [0.29, 0.717) is 5.92 Å². The van der Waals surface area contributed by atoms with Crippen molar-refractivity contribution < 1.29 is 0 Å². The second-order valence-corrected chi connectivity index (χ2v) is 5.77. The van der Waals surface area contributed by atoms with Crippen molar-refractivity contribution in [3.8, 4) is 0 Å². The van der Waals surface area contributed by atoms with E-state index in [1.807, 2.05) is 30.5 Å². The lowest BCUT2D eigenvalue weighted by Crippen LogP contribution is -2.09. The van der Waals surface area contributed by atoms with Crippen LogP contribution in [0.25, 0.3) is 0 Å². The van der Waals surface area contributed by atoms with Crippen molar-refractivity contribution in [1.29, 1.82) is 0 Å². The Labute approximate surface area is 132 Å². The number of aryl methyl sites for hydroxylation is 1. The Morgan fingerprint density at radius 3 is 2.90 bits per heavy atom. The van der Waals surface area contributed by atoms with Crippen molar-refractivity contribution in [3.05, 3.63) is 70.3 Å². The summed E-state index contributed by atoms with van der Waals surface area (Å²) in [5, 5.41) is 0.794. The fraction of sp³-hybridized carbons (Fsp3) is 0.316. The van der Waals surface area contributed by atoms with Crippen LogP contribution in [0.4, 0.5) is 0 Å². The van der Waals surface area contributed by atoms with Gasteiger partial charge in [-0.1, -0.05) is 43.3 Å². The molecule has 0 amide bonds. The monoisotopic (exact) mass is 299 g/mol. The van der Waals surface area contributed by atoms with E-state index in [1.165, 1.54) is 22.3 Å². The highest BCUT2D eigenvalue weighted by Gasteiger charge is 2.19. The van der Waals surface area contributed by atoms with Gasteiger partial charge in [0.2, 0.25) is 0 Å². The van der Waals surface area contributed by atoms with Gasteiger partial charge in [-0.15, -0.1) is 0 Å². The van der Waals surface area contributed by atoms with Crippen molar-refractivity contribution >= 4 is 17.8 Å². The van der Waals surface area contributed by atoms with Crippen LogP contribution in [0, 0.1) is 6.92 Å². The Morgan fingerprint density at radius 2 is 2.24 bits per heavy atom. The summed E-state index contributed by atoms with van der Waals surface area (Å²) in [6.07, 6.45) is 9.99. The van der Waals surface area contributed by atoms with Gasteiger partial charge in [0.1, 0.15) is 0 Å². The van der Waals surface area contributed by atoms with Gasteiger partial charge >= 0.3 is 0 Å². The van der Waals surface area contributed by atoms with Crippen molar-refractivity contribution in [3.63, 3.8) is 0 Å². The molecule has 1 unspecified atom stereocenters. The van der Waals surface area contributed by atoms with Crippen LogP contribution in [0.2, 0.25) is 5.02 Å². The molecule has 1 aliphatic rings.